The number of nitrogens with one attached hydrogen (secondary N) is 1. The molecule has 0 fully saturated rings. The van der Waals surface area contributed by atoms with E-state index in [0.717, 1.165) is 18.8 Å². The molecule has 0 aliphatic carbocycles. The topological polar surface area (TPSA) is 69.6 Å². The molecule has 1 atom stereocenters. The number of amides is 1. The van der Waals surface area contributed by atoms with Gasteiger partial charge in [-0.05, 0) is 12.3 Å². The highest BCUT2D eigenvalue weighted by Gasteiger charge is 2.05. The number of hydrogen-bond acceptors (Lipinski definition) is 3. The maximum atomic E-state index is 11.5. The van der Waals surface area contributed by atoms with Crippen molar-refractivity contribution in [1.29, 1.82) is 0 Å². The van der Waals surface area contributed by atoms with Gasteiger partial charge in [0.05, 0.1) is 12.7 Å². The molecular formula is C21H43NO3. The molecule has 0 saturated heterocycles. The minimum atomic E-state index is -0.844. The summed E-state index contributed by atoms with van der Waals surface area (Å²) >= 11 is 0. The molecule has 0 aliphatic heterocycles. The van der Waals surface area contributed by atoms with E-state index in [1.807, 2.05) is 0 Å². The van der Waals surface area contributed by atoms with Crippen molar-refractivity contribution in [2.24, 2.45) is 5.92 Å². The summed E-state index contributed by atoms with van der Waals surface area (Å²) < 4.78 is 0. The summed E-state index contributed by atoms with van der Waals surface area (Å²) in [7, 11) is 0. The Kier molecular flexibility index (Phi) is 17.7. The highest BCUT2D eigenvalue weighted by molar-refractivity contribution is 5.75. The van der Waals surface area contributed by atoms with Crippen molar-refractivity contribution in [2.75, 3.05) is 13.2 Å². The van der Waals surface area contributed by atoms with Crippen LogP contribution in [0.4, 0.5) is 0 Å². The van der Waals surface area contributed by atoms with Gasteiger partial charge in [0.15, 0.2) is 0 Å². The smallest absolute Gasteiger partial charge is 0.220 e. The van der Waals surface area contributed by atoms with Crippen molar-refractivity contribution in [3.63, 3.8) is 0 Å². The van der Waals surface area contributed by atoms with Crippen LogP contribution in [0.15, 0.2) is 0 Å². The molecule has 0 aromatic rings. The molecule has 1 unspecified atom stereocenters. The van der Waals surface area contributed by atoms with Gasteiger partial charge in [0.1, 0.15) is 0 Å². The molecule has 1 amide bonds. The lowest BCUT2D eigenvalue weighted by Gasteiger charge is -2.08. The van der Waals surface area contributed by atoms with Gasteiger partial charge in [0.2, 0.25) is 5.91 Å². The minimum Gasteiger partial charge on any atom is -0.394 e. The van der Waals surface area contributed by atoms with Crippen molar-refractivity contribution < 1.29 is 15.0 Å². The number of hydrogen-bond donors (Lipinski definition) is 3. The molecule has 4 heteroatoms. The molecule has 0 aromatic heterocycles. The van der Waals surface area contributed by atoms with Crippen LogP contribution in [0.5, 0.6) is 0 Å². The predicted octanol–water partition coefficient (Wildman–Crippen LogP) is 4.57. The number of aliphatic hydroxyl groups is 2. The minimum absolute atomic E-state index is 0.0269. The molecule has 0 radical (unpaired) electrons. The third-order valence-corrected chi connectivity index (χ3v) is 4.68. The summed E-state index contributed by atoms with van der Waals surface area (Å²) in [6, 6.07) is 0. The second-order valence-corrected chi connectivity index (χ2v) is 7.82. The Morgan fingerprint density at radius 1 is 0.800 bits per heavy atom. The SMILES string of the molecule is CC(C)CCCCCCCCCCCCCCC(=O)NCC(O)CO. The zero-order valence-electron chi connectivity index (χ0n) is 16.8. The van der Waals surface area contributed by atoms with E-state index in [0.29, 0.717) is 6.42 Å². The first-order valence-electron chi connectivity index (χ1n) is 10.6. The number of unbranched alkanes of at least 4 members (excludes halogenated alkanes) is 11. The number of carbonyl (C=O) groups is 1. The zero-order chi connectivity index (χ0) is 18.8. The lowest BCUT2D eigenvalue weighted by Crippen LogP contribution is -2.33. The summed E-state index contributed by atoms with van der Waals surface area (Å²) in [4.78, 5) is 11.5. The molecule has 0 heterocycles. The van der Waals surface area contributed by atoms with E-state index in [1.165, 1.54) is 70.6 Å². The van der Waals surface area contributed by atoms with Crippen LogP contribution < -0.4 is 5.32 Å². The van der Waals surface area contributed by atoms with Crippen LogP contribution in [0.2, 0.25) is 0 Å². The molecular weight excluding hydrogens is 314 g/mol. The fourth-order valence-electron chi connectivity index (χ4n) is 2.99. The van der Waals surface area contributed by atoms with Crippen LogP contribution in [-0.4, -0.2) is 35.4 Å². The number of carbonyl (C=O) groups excluding carboxylic acids is 1. The van der Waals surface area contributed by atoms with Gasteiger partial charge in [0.25, 0.3) is 0 Å². The fourth-order valence-corrected chi connectivity index (χ4v) is 2.99. The van der Waals surface area contributed by atoms with Crippen molar-refractivity contribution in [2.45, 2.75) is 110 Å². The average Bonchev–Trinajstić information content (AvgIpc) is 2.59. The van der Waals surface area contributed by atoms with Crippen molar-refractivity contribution in [3.05, 3.63) is 0 Å². The van der Waals surface area contributed by atoms with Crippen LogP contribution in [0.3, 0.4) is 0 Å². The third kappa shape index (κ3) is 19.6. The molecule has 0 spiro atoms. The first-order chi connectivity index (χ1) is 12.1. The average molecular weight is 358 g/mol. The first-order valence-corrected chi connectivity index (χ1v) is 10.6. The third-order valence-electron chi connectivity index (χ3n) is 4.68. The summed E-state index contributed by atoms with van der Waals surface area (Å²) in [5.41, 5.74) is 0. The van der Waals surface area contributed by atoms with Gasteiger partial charge in [-0.25, -0.2) is 0 Å². The molecule has 0 saturated carbocycles. The van der Waals surface area contributed by atoms with E-state index in [-0.39, 0.29) is 19.1 Å². The van der Waals surface area contributed by atoms with Crippen LogP contribution in [0.25, 0.3) is 0 Å². The maximum absolute atomic E-state index is 11.5. The molecule has 0 rings (SSSR count). The van der Waals surface area contributed by atoms with Crippen molar-refractivity contribution >= 4 is 5.91 Å². The van der Waals surface area contributed by atoms with E-state index < -0.39 is 6.10 Å². The quantitative estimate of drug-likeness (QED) is 0.315. The zero-order valence-corrected chi connectivity index (χ0v) is 16.8. The van der Waals surface area contributed by atoms with Crippen LogP contribution in [0, 0.1) is 5.92 Å². The monoisotopic (exact) mass is 357 g/mol. The Hall–Kier alpha value is -0.610. The largest absolute Gasteiger partial charge is 0.394 e. The normalized spacial score (nSPS) is 12.5. The Bertz CT molecular complexity index is 295. The molecule has 4 nitrogen and oxygen atoms in total. The molecule has 0 bridgehead atoms. The molecule has 3 N–H and O–H groups in total. The second-order valence-electron chi connectivity index (χ2n) is 7.82. The van der Waals surface area contributed by atoms with E-state index in [1.54, 1.807) is 0 Å². The highest BCUT2D eigenvalue weighted by Crippen LogP contribution is 2.14. The van der Waals surface area contributed by atoms with Gasteiger partial charge < -0.3 is 15.5 Å². The number of rotatable bonds is 18. The molecule has 150 valence electrons. The summed E-state index contributed by atoms with van der Waals surface area (Å²) in [6.45, 7) is 4.45. The molecule has 0 aromatic carbocycles. The van der Waals surface area contributed by atoms with Gasteiger partial charge in [-0.1, -0.05) is 90.9 Å². The standard InChI is InChI=1S/C21H43NO3/c1-19(2)15-13-11-9-7-5-3-4-6-8-10-12-14-16-21(25)22-17-20(24)18-23/h19-20,23-24H,3-18H2,1-2H3,(H,22,25). The van der Waals surface area contributed by atoms with E-state index in [2.05, 4.69) is 19.2 Å². The van der Waals surface area contributed by atoms with E-state index in [4.69, 9.17) is 10.2 Å². The molecule has 25 heavy (non-hydrogen) atoms. The van der Waals surface area contributed by atoms with Crippen molar-refractivity contribution in [3.8, 4) is 0 Å². The Morgan fingerprint density at radius 3 is 1.68 bits per heavy atom. The summed E-state index contributed by atoms with van der Waals surface area (Å²) in [5.74, 6) is 0.828. The van der Waals surface area contributed by atoms with Gasteiger partial charge in [-0.3, -0.25) is 4.79 Å². The van der Waals surface area contributed by atoms with E-state index in [9.17, 15) is 4.79 Å². The van der Waals surface area contributed by atoms with Gasteiger partial charge in [-0.15, -0.1) is 0 Å². The lowest BCUT2D eigenvalue weighted by atomic mass is 10.0. The lowest BCUT2D eigenvalue weighted by molar-refractivity contribution is -0.121. The predicted molar refractivity (Wildman–Crippen MR) is 106 cm³/mol. The Labute approximate surface area is 155 Å². The number of aliphatic hydroxyl groups excluding tert-OH is 2. The molecule has 0 aliphatic rings. The first kappa shape index (κ1) is 24.4. The van der Waals surface area contributed by atoms with Gasteiger partial charge in [-0.2, -0.15) is 0 Å². The van der Waals surface area contributed by atoms with Gasteiger partial charge in [0, 0.05) is 13.0 Å². The maximum Gasteiger partial charge on any atom is 0.220 e. The second kappa shape index (κ2) is 18.2. The van der Waals surface area contributed by atoms with E-state index >= 15 is 0 Å². The van der Waals surface area contributed by atoms with Crippen LogP contribution in [0.1, 0.15) is 104 Å². The van der Waals surface area contributed by atoms with Crippen LogP contribution >= 0.6 is 0 Å². The van der Waals surface area contributed by atoms with Crippen LogP contribution in [-0.2, 0) is 4.79 Å². The fraction of sp³-hybridized carbons (Fsp3) is 0.952. The summed E-state index contributed by atoms with van der Waals surface area (Å²) in [6.07, 6.45) is 16.6. The Morgan fingerprint density at radius 2 is 1.24 bits per heavy atom. The van der Waals surface area contributed by atoms with Crippen molar-refractivity contribution in [1.82, 2.24) is 5.32 Å². The van der Waals surface area contributed by atoms with Gasteiger partial charge >= 0.3 is 0 Å². The Balaban J connectivity index is 3.15. The highest BCUT2D eigenvalue weighted by atomic mass is 16.3. The summed E-state index contributed by atoms with van der Waals surface area (Å²) in [5, 5.41) is 20.4.